The number of nitrogens with zero attached hydrogens (tertiary/aromatic N) is 1. The predicted molar refractivity (Wildman–Crippen MR) is 119 cm³/mol. The second kappa shape index (κ2) is 11.3. The number of carbonyl (C=O) groups is 1. The maximum absolute atomic E-state index is 11.3. The number of nitrogen functional groups attached to an aromatic ring is 1. The Labute approximate surface area is 182 Å². The number of carboxylic acid groups (broad SMARTS) is 1. The van der Waals surface area contributed by atoms with Crippen LogP contribution in [0, 0.1) is 0 Å². The highest BCUT2D eigenvalue weighted by Gasteiger charge is 2.16. The van der Waals surface area contributed by atoms with E-state index in [0.717, 1.165) is 37.1 Å². The number of benzene rings is 2. The number of rotatable bonds is 6. The first-order valence-corrected chi connectivity index (χ1v) is 11.3. The third-order valence-corrected chi connectivity index (χ3v) is 6.34. The van der Waals surface area contributed by atoms with Gasteiger partial charge in [-0.25, -0.2) is 17.9 Å². The molecule has 8 nitrogen and oxygen atoms in total. The SMILES string of the molecule is CNS(=O)(=O)c1ccc(N)c(C(=O)O)c1.Clc1ccc(CCN2CCNCC2)cc1. The fourth-order valence-corrected chi connectivity index (χ4v) is 3.76. The molecule has 0 atom stereocenters. The van der Waals surface area contributed by atoms with Crippen LogP contribution in [0.1, 0.15) is 15.9 Å². The summed E-state index contributed by atoms with van der Waals surface area (Å²) in [6, 6.07) is 11.7. The first kappa shape index (κ1) is 24.1. The van der Waals surface area contributed by atoms with E-state index in [1.807, 2.05) is 12.1 Å². The molecule has 10 heteroatoms. The molecule has 1 heterocycles. The van der Waals surface area contributed by atoms with Crippen molar-refractivity contribution in [2.75, 3.05) is 45.5 Å². The molecule has 0 aliphatic carbocycles. The molecule has 3 rings (SSSR count). The molecule has 0 unspecified atom stereocenters. The zero-order valence-electron chi connectivity index (χ0n) is 16.8. The minimum atomic E-state index is -3.64. The summed E-state index contributed by atoms with van der Waals surface area (Å²) < 4.78 is 24.8. The molecule has 1 aliphatic rings. The lowest BCUT2D eigenvalue weighted by Crippen LogP contribution is -2.44. The van der Waals surface area contributed by atoms with Gasteiger partial charge >= 0.3 is 5.97 Å². The molecule has 0 radical (unpaired) electrons. The van der Waals surface area contributed by atoms with Crippen molar-refractivity contribution >= 4 is 33.3 Å². The van der Waals surface area contributed by atoms with Crippen molar-refractivity contribution < 1.29 is 18.3 Å². The number of hydrogen-bond acceptors (Lipinski definition) is 6. The molecule has 0 aromatic heterocycles. The highest BCUT2D eigenvalue weighted by Crippen LogP contribution is 2.17. The summed E-state index contributed by atoms with van der Waals surface area (Å²) in [6.07, 6.45) is 1.12. The van der Waals surface area contributed by atoms with Gasteiger partial charge in [0.1, 0.15) is 0 Å². The molecule has 0 amide bonds. The Morgan fingerprint density at radius 3 is 2.40 bits per heavy atom. The summed E-state index contributed by atoms with van der Waals surface area (Å²) in [5.41, 5.74) is 6.55. The highest BCUT2D eigenvalue weighted by atomic mass is 35.5. The van der Waals surface area contributed by atoms with Crippen molar-refractivity contribution in [3.8, 4) is 0 Å². The Kier molecular flexibility index (Phi) is 9.07. The summed E-state index contributed by atoms with van der Waals surface area (Å²) in [4.78, 5) is 13.1. The number of nitrogens with two attached hydrogens (primary N) is 1. The Balaban J connectivity index is 0.000000214. The second-order valence-electron chi connectivity index (χ2n) is 6.73. The van der Waals surface area contributed by atoms with Crippen molar-refractivity contribution in [1.29, 1.82) is 0 Å². The average molecular weight is 455 g/mol. The van der Waals surface area contributed by atoms with E-state index in [4.69, 9.17) is 22.4 Å². The molecule has 2 aromatic rings. The first-order chi connectivity index (χ1) is 14.2. The molecule has 1 fully saturated rings. The number of aromatic carboxylic acids is 1. The lowest BCUT2D eigenvalue weighted by atomic mass is 10.1. The van der Waals surface area contributed by atoms with E-state index in [2.05, 4.69) is 27.1 Å². The standard InChI is InChI=1S/C12H17ClN2.C8H10N2O4S/c13-12-3-1-11(2-4-12)5-8-15-9-6-14-7-10-15;1-10-15(13,14)5-2-3-7(9)6(4-5)8(11)12/h1-4,14H,5-10H2;2-4,10H,9H2,1H3,(H,11,12). The molecule has 30 heavy (non-hydrogen) atoms. The third-order valence-electron chi connectivity index (χ3n) is 4.67. The van der Waals surface area contributed by atoms with Gasteiger partial charge in [-0.05, 0) is 49.4 Å². The molecule has 2 aromatic carbocycles. The zero-order valence-corrected chi connectivity index (χ0v) is 18.3. The third kappa shape index (κ3) is 7.26. The van der Waals surface area contributed by atoms with Crippen LogP contribution in [-0.4, -0.2) is 64.2 Å². The number of piperazine rings is 1. The summed E-state index contributed by atoms with van der Waals surface area (Å²) in [7, 11) is -2.40. The quantitative estimate of drug-likeness (QED) is 0.489. The Morgan fingerprint density at radius 2 is 1.83 bits per heavy atom. The Hall–Kier alpha value is -2.17. The van der Waals surface area contributed by atoms with Crippen molar-refractivity contribution in [3.05, 3.63) is 58.6 Å². The van der Waals surface area contributed by atoms with Crippen molar-refractivity contribution in [2.45, 2.75) is 11.3 Å². The topological polar surface area (TPSA) is 125 Å². The van der Waals surface area contributed by atoms with E-state index in [0.29, 0.717) is 0 Å². The Bertz CT molecular complexity index is 946. The smallest absolute Gasteiger partial charge is 0.337 e. The molecular formula is C20H27ClN4O4S. The number of anilines is 1. The molecule has 0 bridgehead atoms. The van der Waals surface area contributed by atoms with Gasteiger partial charge in [-0.15, -0.1) is 0 Å². The van der Waals surface area contributed by atoms with E-state index < -0.39 is 16.0 Å². The number of halogens is 1. The summed E-state index contributed by atoms with van der Waals surface area (Å²) in [6.45, 7) is 5.76. The van der Waals surface area contributed by atoms with Crippen LogP contribution in [0.5, 0.6) is 0 Å². The molecule has 1 aliphatic heterocycles. The van der Waals surface area contributed by atoms with Crippen LogP contribution in [0.2, 0.25) is 5.02 Å². The fraction of sp³-hybridized carbons (Fsp3) is 0.350. The van der Waals surface area contributed by atoms with Gasteiger partial charge in [-0.3, -0.25) is 0 Å². The van der Waals surface area contributed by atoms with Crippen LogP contribution < -0.4 is 15.8 Å². The summed E-state index contributed by atoms with van der Waals surface area (Å²) >= 11 is 5.84. The van der Waals surface area contributed by atoms with Crippen LogP contribution in [0.25, 0.3) is 0 Å². The Morgan fingerprint density at radius 1 is 1.20 bits per heavy atom. The second-order valence-corrected chi connectivity index (χ2v) is 9.05. The molecular weight excluding hydrogens is 428 g/mol. The fourth-order valence-electron chi connectivity index (χ4n) is 2.88. The average Bonchev–Trinajstić information content (AvgIpc) is 2.74. The van der Waals surface area contributed by atoms with Crippen LogP contribution >= 0.6 is 11.6 Å². The number of nitrogens with one attached hydrogen (secondary N) is 2. The van der Waals surface area contributed by atoms with Gasteiger partial charge in [0.25, 0.3) is 0 Å². The minimum absolute atomic E-state index is 0.0255. The van der Waals surface area contributed by atoms with Gasteiger partial charge in [0.15, 0.2) is 0 Å². The van der Waals surface area contributed by atoms with Gasteiger partial charge in [0.2, 0.25) is 10.0 Å². The lowest BCUT2D eigenvalue weighted by Gasteiger charge is -2.27. The van der Waals surface area contributed by atoms with Crippen molar-refractivity contribution in [3.63, 3.8) is 0 Å². The number of carboxylic acids is 1. The van der Waals surface area contributed by atoms with E-state index in [9.17, 15) is 13.2 Å². The van der Waals surface area contributed by atoms with Gasteiger partial charge < -0.3 is 21.1 Å². The van der Waals surface area contributed by atoms with Gasteiger partial charge in [0, 0.05) is 43.4 Å². The van der Waals surface area contributed by atoms with Crippen LogP contribution in [0.3, 0.4) is 0 Å². The minimum Gasteiger partial charge on any atom is -0.478 e. The largest absolute Gasteiger partial charge is 0.478 e. The predicted octanol–water partition coefficient (Wildman–Crippen LogP) is 1.66. The van der Waals surface area contributed by atoms with Crippen LogP contribution in [0.15, 0.2) is 47.4 Å². The molecule has 5 N–H and O–H groups in total. The van der Waals surface area contributed by atoms with Crippen LogP contribution in [-0.2, 0) is 16.4 Å². The number of hydrogen-bond donors (Lipinski definition) is 4. The zero-order chi connectivity index (χ0) is 22.1. The molecule has 1 saturated heterocycles. The van der Waals surface area contributed by atoms with E-state index >= 15 is 0 Å². The van der Waals surface area contributed by atoms with Gasteiger partial charge in [0.05, 0.1) is 10.5 Å². The van der Waals surface area contributed by atoms with Crippen LogP contribution in [0.4, 0.5) is 5.69 Å². The van der Waals surface area contributed by atoms with Gasteiger partial charge in [-0.2, -0.15) is 0 Å². The summed E-state index contributed by atoms with van der Waals surface area (Å²) in [5, 5.41) is 12.9. The van der Waals surface area contributed by atoms with E-state index in [-0.39, 0.29) is 16.1 Å². The maximum atomic E-state index is 11.3. The van der Waals surface area contributed by atoms with Gasteiger partial charge in [-0.1, -0.05) is 23.7 Å². The monoisotopic (exact) mass is 454 g/mol. The first-order valence-electron chi connectivity index (χ1n) is 9.47. The summed E-state index contributed by atoms with van der Waals surface area (Å²) in [5.74, 6) is -1.26. The maximum Gasteiger partial charge on any atom is 0.337 e. The van der Waals surface area contributed by atoms with E-state index in [1.165, 1.54) is 37.8 Å². The molecule has 164 valence electrons. The number of sulfonamides is 1. The highest BCUT2D eigenvalue weighted by molar-refractivity contribution is 7.89. The lowest BCUT2D eigenvalue weighted by molar-refractivity contribution is 0.0698. The normalized spacial score (nSPS) is 14.6. The van der Waals surface area contributed by atoms with Crippen molar-refractivity contribution in [2.24, 2.45) is 0 Å². The van der Waals surface area contributed by atoms with E-state index in [1.54, 1.807) is 0 Å². The molecule has 0 spiro atoms. The van der Waals surface area contributed by atoms with Crippen molar-refractivity contribution in [1.82, 2.24) is 14.9 Å². The molecule has 0 saturated carbocycles.